The number of nitrogens with one attached hydrogen (secondary N) is 1. The quantitative estimate of drug-likeness (QED) is 0.317. The normalized spacial score (nSPS) is 22.4. The molecule has 2 aliphatic rings. The van der Waals surface area contributed by atoms with Gasteiger partial charge in [-0.1, -0.05) is 70.5 Å². The smallest absolute Gasteiger partial charge is 0.249 e. The number of sulfone groups is 1. The maximum Gasteiger partial charge on any atom is 0.249 e. The lowest BCUT2D eigenvalue weighted by molar-refractivity contribution is -0.140. The molecule has 0 aliphatic carbocycles. The predicted molar refractivity (Wildman–Crippen MR) is 146 cm³/mol. The fourth-order valence-electron chi connectivity index (χ4n) is 4.83. The van der Waals surface area contributed by atoms with E-state index in [2.05, 4.69) is 21.4 Å². The molecule has 2 amide bonds. The SMILES string of the molecule is CS(=O)(=O)c1ccc(NN2C(C(O)c3ccc(Br)cc3)C=CC3C(=O)N(Cc4ccccc4)C(=O)[C@H]32)cc1. The Morgan fingerprint density at radius 1 is 0.921 bits per heavy atom. The van der Waals surface area contributed by atoms with E-state index in [1.165, 1.54) is 17.0 Å². The number of likely N-dealkylation sites (tertiary alicyclic amines) is 1. The molecule has 10 heteroatoms. The maximum atomic E-state index is 13.7. The number of aliphatic hydroxyl groups excluding tert-OH is 1. The minimum absolute atomic E-state index is 0.149. The second-order valence-electron chi connectivity index (χ2n) is 9.41. The first kappa shape index (κ1) is 26.3. The van der Waals surface area contributed by atoms with Crippen LogP contribution in [0.4, 0.5) is 5.69 Å². The zero-order chi connectivity index (χ0) is 27.0. The lowest BCUT2D eigenvalue weighted by Gasteiger charge is -2.40. The molecule has 196 valence electrons. The van der Waals surface area contributed by atoms with Crippen LogP contribution >= 0.6 is 15.9 Å². The van der Waals surface area contributed by atoms with Gasteiger partial charge in [-0.05, 0) is 47.5 Å². The molecule has 3 unspecified atom stereocenters. The minimum atomic E-state index is -3.39. The van der Waals surface area contributed by atoms with E-state index in [1.54, 1.807) is 41.4 Å². The van der Waals surface area contributed by atoms with Crippen LogP contribution in [0.2, 0.25) is 0 Å². The summed E-state index contributed by atoms with van der Waals surface area (Å²) in [6, 6.07) is 21.0. The van der Waals surface area contributed by atoms with E-state index >= 15 is 0 Å². The number of aliphatic hydroxyl groups is 1. The molecule has 2 N–H and O–H groups in total. The number of anilines is 1. The molecule has 0 spiro atoms. The van der Waals surface area contributed by atoms with Gasteiger partial charge in [-0.3, -0.25) is 14.5 Å². The van der Waals surface area contributed by atoms with Crippen LogP contribution in [0.3, 0.4) is 0 Å². The van der Waals surface area contributed by atoms with Gasteiger partial charge in [0, 0.05) is 16.4 Å². The molecule has 2 aliphatic heterocycles. The van der Waals surface area contributed by atoms with Crippen molar-refractivity contribution in [3.05, 3.63) is 107 Å². The first-order valence-electron chi connectivity index (χ1n) is 12.0. The Balaban J connectivity index is 1.50. The summed E-state index contributed by atoms with van der Waals surface area (Å²) in [6.45, 7) is 0.149. The third kappa shape index (κ3) is 5.17. The van der Waals surface area contributed by atoms with Gasteiger partial charge in [0.15, 0.2) is 9.84 Å². The number of hydrogen-bond donors (Lipinski definition) is 2. The van der Waals surface area contributed by atoms with Gasteiger partial charge in [-0.2, -0.15) is 0 Å². The Hall–Kier alpha value is -3.31. The standard InChI is InChI=1S/C28H26BrN3O5S/c1-38(36,37)22-13-11-21(12-14-22)30-32-24(26(33)19-7-9-20(29)10-8-19)16-15-23-25(32)28(35)31(27(23)34)17-18-5-3-2-4-6-18/h2-16,23-26,30,33H,17H2,1H3/t23?,24?,25-,26?/m0/s1. The van der Waals surface area contributed by atoms with Gasteiger partial charge in [0.25, 0.3) is 0 Å². The highest BCUT2D eigenvalue weighted by atomic mass is 79.9. The molecule has 0 radical (unpaired) electrons. The predicted octanol–water partition coefficient (Wildman–Crippen LogP) is 3.71. The van der Waals surface area contributed by atoms with Gasteiger partial charge in [0.1, 0.15) is 6.04 Å². The fourth-order valence-corrected chi connectivity index (χ4v) is 5.73. The number of carbonyl (C=O) groups excluding carboxylic acids is 2. The fraction of sp³-hybridized carbons (Fsp3) is 0.214. The number of carbonyl (C=O) groups is 2. The van der Waals surface area contributed by atoms with Crippen LogP contribution in [-0.4, -0.2) is 53.6 Å². The van der Waals surface area contributed by atoms with Crippen molar-refractivity contribution in [3.8, 4) is 0 Å². The molecule has 2 heterocycles. The minimum Gasteiger partial charge on any atom is -0.386 e. The number of imide groups is 1. The molecule has 4 atom stereocenters. The lowest BCUT2D eigenvalue weighted by Crippen LogP contribution is -2.55. The summed E-state index contributed by atoms with van der Waals surface area (Å²) in [5, 5.41) is 13.0. The number of benzene rings is 3. The molecule has 3 aromatic carbocycles. The van der Waals surface area contributed by atoms with Crippen molar-refractivity contribution >= 4 is 43.3 Å². The largest absolute Gasteiger partial charge is 0.386 e. The maximum absolute atomic E-state index is 13.7. The number of halogens is 1. The highest BCUT2D eigenvalue weighted by Gasteiger charge is 2.53. The molecule has 5 rings (SSSR count). The summed E-state index contributed by atoms with van der Waals surface area (Å²) >= 11 is 3.40. The van der Waals surface area contributed by atoms with Crippen LogP contribution in [0.1, 0.15) is 17.2 Å². The number of nitrogens with zero attached hydrogens (tertiary/aromatic N) is 2. The first-order chi connectivity index (χ1) is 18.1. The van der Waals surface area contributed by atoms with E-state index in [0.29, 0.717) is 11.3 Å². The van der Waals surface area contributed by atoms with E-state index in [1.807, 2.05) is 42.5 Å². The molecular formula is C28H26BrN3O5S. The second kappa shape index (κ2) is 10.5. The summed E-state index contributed by atoms with van der Waals surface area (Å²) in [5.41, 5.74) is 5.18. The number of fused-ring (bicyclic) bond motifs is 1. The van der Waals surface area contributed by atoms with Crippen LogP contribution in [0.5, 0.6) is 0 Å². The molecule has 0 saturated carbocycles. The zero-order valence-electron chi connectivity index (χ0n) is 20.4. The van der Waals surface area contributed by atoms with Gasteiger partial charge in [0.2, 0.25) is 11.8 Å². The Morgan fingerprint density at radius 2 is 1.58 bits per heavy atom. The number of hydrazine groups is 1. The van der Waals surface area contributed by atoms with Crippen molar-refractivity contribution < 1.29 is 23.1 Å². The molecular weight excluding hydrogens is 570 g/mol. The number of rotatable bonds is 7. The summed E-state index contributed by atoms with van der Waals surface area (Å²) < 4.78 is 24.7. The van der Waals surface area contributed by atoms with Crippen LogP contribution < -0.4 is 5.43 Å². The molecule has 0 bridgehead atoms. The molecule has 8 nitrogen and oxygen atoms in total. The van der Waals surface area contributed by atoms with Crippen LogP contribution in [-0.2, 0) is 26.0 Å². The Labute approximate surface area is 229 Å². The summed E-state index contributed by atoms with van der Waals surface area (Å²) in [7, 11) is -3.39. The van der Waals surface area contributed by atoms with Crippen molar-refractivity contribution in [1.82, 2.24) is 9.91 Å². The van der Waals surface area contributed by atoms with Crippen molar-refractivity contribution in [2.45, 2.75) is 29.6 Å². The van der Waals surface area contributed by atoms with E-state index in [-0.39, 0.29) is 23.3 Å². The topological polar surface area (TPSA) is 107 Å². The lowest BCUT2D eigenvalue weighted by atomic mass is 9.90. The van der Waals surface area contributed by atoms with Crippen molar-refractivity contribution in [2.75, 3.05) is 11.7 Å². The van der Waals surface area contributed by atoms with Crippen molar-refractivity contribution in [3.63, 3.8) is 0 Å². The van der Waals surface area contributed by atoms with Gasteiger partial charge in [-0.15, -0.1) is 0 Å². The van der Waals surface area contributed by atoms with E-state index in [0.717, 1.165) is 16.3 Å². The Morgan fingerprint density at radius 3 is 2.21 bits per heavy atom. The number of amides is 2. The third-order valence-corrected chi connectivity index (χ3v) is 8.46. The van der Waals surface area contributed by atoms with Gasteiger partial charge < -0.3 is 10.5 Å². The van der Waals surface area contributed by atoms with Crippen LogP contribution in [0.15, 0.2) is 100 Å². The van der Waals surface area contributed by atoms with Gasteiger partial charge in [0.05, 0.1) is 29.5 Å². The summed E-state index contributed by atoms with van der Waals surface area (Å²) in [4.78, 5) is 28.5. The Kier molecular flexibility index (Phi) is 7.23. The molecule has 1 fully saturated rings. The van der Waals surface area contributed by atoms with E-state index in [9.17, 15) is 23.1 Å². The highest BCUT2D eigenvalue weighted by Crippen LogP contribution is 2.37. The highest BCUT2D eigenvalue weighted by molar-refractivity contribution is 9.10. The van der Waals surface area contributed by atoms with Crippen molar-refractivity contribution in [1.29, 1.82) is 0 Å². The average molecular weight is 597 g/mol. The monoisotopic (exact) mass is 595 g/mol. The summed E-state index contributed by atoms with van der Waals surface area (Å²) in [6.07, 6.45) is 3.55. The molecule has 3 aromatic rings. The van der Waals surface area contributed by atoms with E-state index < -0.39 is 33.9 Å². The second-order valence-corrected chi connectivity index (χ2v) is 12.3. The Bertz CT molecular complexity index is 1480. The summed E-state index contributed by atoms with van der Waals surface area (Å²) in [5.74, 6) is -1.42. The van der Waals surface area contributed by atoms with Crippen molar-refractivity contribution in [2.24, 2.45) is 5.92 Å². The van der Waals surface area contributed by atoms with E-state index in [4.69, 9.17) is 0 Å². The zero-order valence-corrected chi connectivity index (χ0v) is 22.8. The van der Waals surface area contributed by atoms with Crippen LogP contribution in [0, 0.1) is 5.92 Å². The third-order valence-electron chi connectivity index (χ3n) is 6.81. The first-order valence-corrected chi connectivity index (χ1v) is 14.7. The van der Waals surface area contributed by atoms with Gasteiger partial charge in [-0.25, -0.2) is 13.4 Å². The average Bonchev–Trinajstić information content (AvgIpc) is 3.14. The molecule has 38 heavy (non-hydrogen) atoms. The van der Waals surface area contributed by atoms with Crippen LogP contribution in [0.25, 0.3) is 0 Å². The molecule has 0 aromatic heterocycles. The number of hydrogen-bond acceptors (Lipinski definition) is 7. The van der Waals surface area contributed by atoms with Gasteiger partial charge >= 0.3 is 0 Å². The molecule has 1 saturated heterocycles.